The van der Waals surface area contributed by atoms with Gasteiger partial charge in [0.2, 0.25) is 0 Å². The molecule has 2 aromatic heterocycles. The monoisotopic (exact) mass is 502 g/mol. The molecule has 0 radical (unpaired) electrons. The van der Waals surface area contributed by atoms with E-state index in [1.807, 2.05) is 58.0 Å². The van der Waals surface area contributed by atoms with Gasteiger partial charge in [-0.25, -0.2) is 4.39 Å². The van der Waals surface area contributed by atoms with Crippen LogP contribution in [0.4, 0.5) is 4.39 Å². The second-order valence-electron chi connectivity index (χ2n) is 10.4. The fourth-order valence-corrected chi connectivity index (χ4v) is 4.94. The maximum absolute atomic E-state index is 14.5. The van der Waals surface area contributed by atoms with Gasteiger partial charge in [0, 0.05) is 58.6 Å². The molecule has 0 aliphatic carbocycles. The number of carbonyl (C=O) groups excluding carboxylic acids is 1. The Labute approximate surface area is 217 Å². The van der Waals surface area contributed by atoms with Crippen molar-refractivity contribution in [2.45, 2.75) is 53.8 Å². The summed E-state index contributed by atoms with van der Waals surface area (Å²) in [5, 5.41) is 3.84. The van der Waals surface area contributed by atoms with Gasteiger partial charge in [-0.15, -0.1) is 0 Å². The van der Waals surface area contributed by atoms with E-state index in [4.69, 9.17) is 0 Å². The highest BCUT2D eigenvalue weighted by molar-refractivity contribution is 6.09. The van der Waals surface area contributed by atoms with Gasteiger partial charge in [-0.05, 0) is 101 Å². The molecule has 0 saturated carbocycles. The van der Waals surface area contributed by atoms with Crippen LogP contribution in [0.3, 0.4) is 0 Å². The summed E-state index contributed by atoms with van der Waals surface area (Å²) in [6.07, 6.45) is 2.06. The smallest absolute Gasteiger partial charge is 0.253 e. The first-order chi connectivity index (χ1) is 17.5. The second kappa shape index (κ2) is 10.3. The summed E-state index contributed by atoms with van der Waals surface area (Å²) in [7, 11) is 3.81. The third-order valence-corrected chi connectivity index (χ3v) is 6.71. The van der Waals surface area contributed by atoms with Crippen molar-refractivity contribution >= 4 is 16.8 Å². The number of pyridine rings is 1. The van der Waals surface area contributed by atoms with E-state index in [0.29, 0.717) is 23.2 Å². The standard InChI is InChI=1S/C30H35FN4O2/c1-17(2)35-15-19(4)28-24(29(36)32-14-25-18(3)10-20(5)33-30(25)37)12-22(13-27(28)35)21-8-9-26(31)23(11-21)16-34(6)7/h8-13,15,17H,14,16H2,1-7H3,(H,32,36)(H,33,37). The molecule has 2 N–H and O–H groups in total. The van der Waals surface area contributed by atoms with Gasteiger partial charge in [-0.2, -0.15) is 0 Å². The molecule has 6 nitrogen and oxygen atoms in total. The number of aromatic amines is 1. The first-order valence-corrected chi connectivity index (χ1v) is 12.5. The van der Waals surface area contributed by atoms with Crippen molar-refractivity contribution < 1.29 is 9.18 Å². The number of amides is 1. The van der Waals surface area contributed by atoms with Crippen LogP contribution in [0.15, 0.2) is 47.4 Å². The molecule has 194 valence electrons. The van der Waals surface area contributed by atoms with Crippen molar-refractivity contribution in [1.82, 2.24) is 19.8 Å². The number of hydrogen-bond acceptors (Lipinski definition) is 3. The van der Waals surface area contributed by atoms with Crippen LogP contribution in [0.2, 0.25) is 0 Å². The fraction of sp³-hybridized carbons (Fsp3) is 0.333. The molecular formula is C30H35FN4O2. The Bertz CT molecular complexity index is 1550. The van der Waals surface area contributed by atoms with Crippen molar-refractivity contribution in [3.8, 4) is 11.1 Å². The zero-order valence-corrected chi connectivity index (χ0v) is 22.6. The van der Waals surface area contributed by atoms with Crippen molar-refractivity contribution in [2.75, 3.05) is 14.1 Å². The molecular weight excluding hydrogens is 467 g/mol. The first-order valence-electron chi connectivity index (χ1n) is 12.5. The molecule has 4 rings (SSSR count). The quantitative estimate of drug-likeness (QED) is 0.344. The van der Waals surface area contributed by atoms with E-state index in [-0.39, 0.29) is 29.9 Å². The van der Waals surface area contributed by atoms with E-state index in [0.717, 1.165) is 38.9 Å². The number of rotatable bonds is 7. The van der Waals surface area contributed by atoms with Crippen LogP contribution >= 0.6 is 0 Å². The van der Waals surface area contributed by atoms with Gasteiger partial charge >= 0.3 is 0 Å². The number of nitrogens with one attached hydrogen (secondary N) is 2. The van der Waals surface area contributed by atoms with Gasteiger partial charge < -0.3 is 19.8 Å². The van der Waals surface area contributed by atoms with Gasteiger partial charge in [0.05, 0.1) is 0 Å². The number of halogens is 1. The van der Waals surface area contributed by atoms with Crippen LogP contribution in [0.25, 0.3) is 22.0 Å². The minimum atomic E-state index is -0.258. The minimum absolute atomic E-state index is 0.124. The summed E-state index contributed by atoms with van der Waals surface area (Å²) in [5.74, 6) is -0.511. The normalized spacial score (nSPS) is 11.6. The van der Waals surface area contributed by atoms with Gasteiger partial charge in [-0.3, -0.25) is 9.59 Å². The highest BCUT2D eigenvalue weighted by atomic mass is 19.1. The van der Waals surface area contributed by atoms with Gasteiger partial charge in [-0.1, -0.05) is 6.07 Å². The van der Waals surface area contributed by atoms with Crippen LogP contribution < -0.4 is 10.9 Å². The Morgan fingerprint density at radius 1 is 1.05 bits per heavy atom. The average molecular weight is 503 g/mol. The van der Waals surface area contributed by atoms with Crippen molar-refractivity contribution in [3.63, 3.8) is 0 Å². The number of carbonyl (C=O) groups is 1. The molecule has 0 atom stereocenters. The molecule has 0 bridgehead atoms. The second-order valence-corrected chi connectivity index (χ2v) is 10.4. The number of benzene rings is 2. The molecule has 37 heavy (non-hydrogen) atoms. The number of fused-ring (bicyclic) bond motifs is 1. The molecule has 0 spiro atoms. The molecule has 0 saturated heterocycles. The molecule has 7 heteroatoms. The van der Waals surface area contributed by atoms with Gasteiger partial charge in [0.1, 0.15) is 5.82 Å². The maximum Gasteiger partial charge on any atom is 0.253 e. The number of hydrogen-bond donors (Lipinski definition) is 2. The molecule has 0 aliphatic rings. The van der Waals surface area contributed by atoms with E-state index in [1.165, 1.54) is 6.07 Å². The molecule has 1 amide bonds. The Morgan fingerprint density at radius 2 is 1.78 bits per heavy atom. The van der Waals surface area contributed by atoms with Crippen LogP contribution in [0.5, 0.6) is 0 Å². The summed E-state index contributed by atoms with van der Waals surface area (Å²) in [6, 6.07) is 11.1. The third-order valence-electron chi connectivity index (χ3n) is 6.71. The van der Waals surface area contributed by atoms with Crippen molar-refractivity contribution in [1.29, 1.82) is 0 Å². The number of aryl methyl sites for hydroxylation is 3. The zero-order chi connectivity index (χ0) is 27.0. The van der Waals surface area contributed by atoms with E-state index in [1.54, 1.807) is 6.07 Å². The molecule has 0 unspecified atom stereocenters. The lowest BCUT2D eigenvalue weighted by atomic mass is 9.96. The third kappa shape index (κ3) is 5.37. The van der Waals surface area contributed by atoms with Gasteiger partial charge in [0.25, 0.3) is 11.5 Å². The highest BCUT2D eigenvalue weighted by Gasteiger charge is 2.20. The van der Waals surface area contributed by atoms with Crippen LogP contribution in [0.1, 0.15) is 58.2 Å². The zero-order valence-electron chi connectivity index (χ0n) is 22.6. The highest BCUT2D eigenvalue weighted by Crippen LogP contribution is 2.33. The fourth-order valence-electron chi connectivity index (χ4n) is 4.94. The maximum atomic E-state index is 14.5. The van der Waals surface area contributed by atoms with Crippen molar-refractivity contribution in [2.24, 2.45) is 0 Å². The summed E-state index contributed by atoms with van der Waals surface area (Å²) >= 11 is 0. The summed E-state index contributed by atoms with van der Waals surface area (Å²) in [6.45, 7) is 10.5. The lowest BCUT2D eigenvalue weighted by molar-refractivity contribution is 0.0952. The van der Waals surface area contributed by atoms with E-state index < -0.39 is 0 Å². The minimum Gasteiger partial charge on any atom is -0.348 e. The van der Waals surface area contributed by atoms with Crippen LogP contribution in [-0.4, -0.2) is 34.5 Å². The lowest BCUT2D eigenvalue weighted by Gasteiger charge is -2.15. The number of aromatic nitrogens is 2. The Balaban J connectivity index is 1.82. The lowest BCUT2D eigenvalue weighted by Crippen LogP contribution is -2.28. The van der Waals surface area contributed by atoms with E-state index in [9.17, 15) is 14.0 Å². The molecule has 2 heterocycles. The van der Waals surface area contributed by atoms with Crippen LogP contribution in [-0.2, 0) is 13.1 Å². The predicted octanol–water partition coefficient (Wildman–Crippen LogP) is 5.63. The molecule has 0 aliphatic heterocycles. The Kier molecular flexibility index (Phi) is 7.37. The van der Waals surface area contributed by atoms with E-state index in [2.05, 4.69) is 41.0 Å². The first kappa shape index (κ1) is 26.4. The molecule has 2 aromatic carbocycles. The summed E-state index contributed by atoms with van der Waals surface area (Å²) in [4.78, 5) is 30.8. The SMILES string of the molecule is Cc1cc(C)c(CNC(=O)c2cc(-c3ccc(F)c(CN(C)C)c3)cc3c2c(C)cn3C(C)C)c(=O)[nH]1. The van der Waals surface area contributed by atoms with Gasteiger partial charge in [0.15, 0.2) is 0 Å². The average Bonchev–Trinajstić information content (AvgIpc) is 3.15. The number of H-pyrrole nitrogens is 1. The van der Waals surface area contributed by atoms with Crippen LogP contribution in [0, 0.1) is 26.6 Å². The molecule has 4 aromatic rings. The summed E-state index contributed by atoms with van der Waals surface area (Å²) < 4.78 is 16.7. The number of nitrogens with zero attached hydrogens (tertiary/aromatic N) is 2. The topological polar surface area (TPSA) is 70.1 Å². The Hall–Kier alpha value is -3.71. The Morgan fingerprint density at radius 3 is 2.43 bits per heavy atom. The van der Waals surface area contributed by atoms with Crippen molar-refractivity contribution in [3.05, 3.63) is 92.3 Å². The van der Waals surface area contributed by atoms with E-state index >= 15 is 0 Å². The molecule has 0 fully saturated rings. The predicted molar refractivity (Wildman–Crippen MR) is 148 cm³/mol. The summed E-state index contributed by atoms with van der Waals surface area (Å²) in [5.41, 5.74) is 6.70. The largest absolute Gasteiger partial charge is 0.348 e.